The van der Waals surface area contributed by atoms with E-state index in [0.717, 1.165) is 29.8 Å². The predicted molar refractivity (Wildman–Crippen MR) is 118 cm³/mol. The predicted octanol–water partition coefficient (Wildman–Crippen LogP) is 3.51. The van der Waals surface area contributed by atoms with Gasteiger partial charge in [0.15, 0.2) is 0 Å². The minimum Gasteiger partial charge on any atom is -0.494 e. The summed E-state index contributed by atoms with van der Waals surface area (Å²) in [5.74, 6) is 0.664. The number of H-pyrrole nitrogens is 1. The summed E-state index contributed by atoms with van der Waals surface area (Å²) in [4.78, 5) is 27.0. The van der Waals surface area contributed by atoms with Gasteiger partial charge in [0.1, 0.15) is 11.4 Å². The minimum absolute atomic E-state index is 0.0675. The number of aromatic amines is 1. The summed E-state index contributed by atoms with van der Waals surface area (Å²) in [6.07, 6.45) is 1.45. The fourth-order valence-electron chi connectivity index (χ4n) is 3.72. The van der Waals surface area contributed by atoms with Crippen LogP contribution in [0.4, 0.5) is 0 Å². The number of hydrogen-bond acceptors (Lipinski definition) is 4. The summed E-state index contributed by atoms with van der Waals surface area (Å²) < 4.78 is 5.46. The van der Waals surface area contributed by atoms with Gasteiger partial charge in [-0.3, -0.25) is 14.7 Å². The molecule has 2 N–H and O–H groups in total. The molecule has 2 heterocycles. The molecule has 2 amide bonds. The molecule has 0 saturated carbocycles. The molecule has 160 valence electrons. The minimum atomic E-state index is -0.0717. The summed E-state index contributed by atoms with van der Waals surface area (Å²) in [5.41, 5.74) is 2.76. The lowest BCUT2D eigenvalue weighted by Gasteiger charge is -2.32. The van der Waals surface area contributed by atoms with Gasteiger partial charge in [0.05, 0.1) is 12.3 Å². The second kappa shape index (κ2) is 9.47. The van der Waals surface area contributed by atoms with E-state index in [1.807, 2.05) is 49.4 Å². The smallest absolute Gasteiger partial charge is 0.271 e. The molecule has 1 fully saturated rings. The Bertz CT molecular complexity index is 1020. The van der Waals surface area contributed by atoms with Crippen molar-refractivity contribution in [2.75, 3.05) is 19.7 Å². The Labute approximate surface area is 181 Å². The number of rotatable bonds is 6. The molecule has 1 aliphatic rings. The van der Waals surface area contributed by atoms with E-state index in [-0.39, 0.29) is 17.9 Å². The fourth-order valence-corrected chi connectivity index (χ4v) is 3.72. The number of amides is 2. The van der Waals surface area contributed by atoms with Gasteiger partial charge in [0.2, 0.25) is 0 Å². The van der Waals surface area contributed by atoms with Crippen LogP contribution in [-0.2, 0) is 0 Å². The van der Waals surface area contributed by atoms with Crippen LogP contribution >= 0.6 is 0 Å². The van der Waals surface area contributed by atoms with Crippen LogP contribution in [0, 0.1) is 0 Å². The largest absolute Gasteiger partial charge is 0.494 e. The van der Waals surface area contributed by atoms with Crippen LogP contribution in [0.3, 0.4) is 0 Å². The lowest BCUT2D eigenvalue weighted by Crippen LogP contribution is -2.46. The zero-order chi connectivity index (χ0) is 21.6. The van der Waals surface area contributed by atoms with Crippen molar-refractivity contribution in [3.8, 4) is 17.0 Å². The summed E-state index contributed by atoms with van der Waals surface area (Å²) >= 11 is 0. The van der Waals surface area contributed by atoms with Gasteiger partial charge in [-0.15, -0.1) is 0 Å². The first-order valence-electron chi connectivity index (χ1n) is 10.6. The maximum absolute atomic E-state index is 12.9. The summed E-state index contributed by atoms with van der Waals surface area (Å²) in [6.45, 7) is 3.75. The van der Waals surface area contributed by atoms with Gasteiger partial charge in [0, 0.05) is 30.3 Å². The van der Waals surface area contributed by atoms with E-state index in [1.54, 1.807) is 23.1 Å². The van der Waals surface area contributed by atoms with E-state index < -0.39 is 0 Å². The Morgan fingerprint density at radius 1 is 1.10 bits per heavy atom. The highest BCUT2D eigenvalue weighted by atomic mass is 16.5. The Balaban J connectivity index is 1.32. The number of aromatic nitrogens is 2. The summed E-state index contributed by atoms with van der Waals surface area (Å²) in [5, 5.41) is 10.2. The second-order valence-corrected chi connectivity index (χ2v) is 7.53. The number of carbonyl (C=O) groups excluding carboxylic acids is 2. The Morgan fingerprint density at radius 3 is 2.48 bits per heavy atom. The van der Waals surface area contributed by atoms with Crippen LogP contribution in [0.25, 0.3) is 11.3 Å². The van der Waals surface area contributed by atoms with E-state index in [9.17, 15) is 9.59 Å². The molecule has 0 spiro atoms. The van der Waals surface area contributed by atoms with Crippen molar-refractivity contribution in [3.05, 3.63) is 71.9 Å². The number of benzene rings is 2. The molecular weight excluding hydrogens is 392 g/mol. The van der Waals surface area contributed by atoms with Gasteiger partial charge in [-0.05, 0) is 62.2 Å². The van der Waals surface area contributed by atoms with E-state index in [0.29, 0.717) is 31.0 Å². The molecule has 7 nitrogen and oxygen atoms in total. The van der Waals surface area contributed by atoms with Crippen molar-refractivity contribution in [2.45, 2.75) is 25.8 Å². The topological polar surface area (TPSA) is 87.3 Å². The average molecular weight is 418 g/mol. The molecule has 31 heavy (non-hydrogen) atoms. The highest BCUT2D eigenvalue weighted by molar-refractivity contribution is 5.95. The molecule has 4 rings (SSSR count). The Kier molecular flexibility index (Phi) is 6.31. The quantitative estimate of drug-likeness (QED) is 0.641. The number of nitrogens with zero attached hydrogens (tertiary/aromatic N) is 2. The van der Waals surface area contributed by atoms with Gasteiger partial charge in [0.25, 0.3) is 11.8 Å². The zero-order valence-electron chi connectivity index (χ0n) is 17.5. The van der Waals surface area contributed by atoms with Gasteiger partial charge < -0.3 is 15.0 Å². The van der Waals surface area contributed by atoms with Gasteiger partial charge in [-0.1, -0.05) is 18.2 Å². The van der Waals surface area contributed by atoms with Gasteiger partial charge in [-0.25, -0.2) is 0 Å². The maximum atomic E-state index is 12.9. The molecule has 0 radical (unpaired) electrons. The van der Waals surface area contributed by atoms with Crippen molar-refractivity contribution < 1.29 is 14.3 Å². The van der Waals surface area contributed by atoms with Gasteiger partial charge in [-0.2, -0.15) is 5.10 Å². The average Bonchev–Trinajstić information content (AvgIpc) is 3.31. The molecule has 7 heteroatoms. The SMILES string of the molecule is CCOc1ccc(-c2cc(C(=O)N3CCC(NC(=O)c4ccccc4)CC3)[nH]n2)cc1. The first-order chi connectivity index (χ1) is 15.1. The number of nitrogens with one attached hydrogen (secondary N) is 2. The van der Waals surface area contributed by atoms with E-state index >= 15 is 0 Å². The van der Waals surface area contributed by atoms with Crippen molar-refractivity contribution >= 4 is 11.8 Å². The van der Waals surface area contributed by atoms with Crippen LogP contribution < -0.4 is 10.1 Å². The molecule has 0 bridgehead atoms. The first kappa shape index (κ1) is 20.7. The second-order valence-electron chi connectivity index (χ2n) is 7.53. The molecule has 0 unspecified atom stereocenters. The van der Waals surface area contributed by atoms with Crippen LogP contribution in [-0.4, -0.2) is 52.6 Å². The third kappa shape index (κ3) is 4.94. The highest BCUT2D eigenvalue weighted by Gasteiger charge is 2.26. The summed E-state index contributed by atoms with van der Waals surface area (Å²) in [6, 6.07) is 18.7. The van der Waals surface area contributed by atoms with Crippen molar-refractivity contribution in [1.29, 1.82) is 0 Å². The number of likely N-dealkylation sites (tertiary alicyclic amines) is 1. The Hall–Kier alpha value is -3.61. The number of ether oxygens (including phenoxy) is 1. The van der Waals surface area contributed by atoms with Crippen LogP contribution in [0.5, 0.6) is 5.75 Å². The van der Waals surface area contributed by atoms with Gasteiger partial charge >= 0.3 is 0 Å². The van der Waals surface area contributed by atoms with E-state index in [1.165, 1.54) is 0 Å². The zero-order valence-corrected chi connectivity index (χ0v) is 17.5. The van der Waals surface area contributed by atoms with Crippen molar-refractivity contribution in [1.82, 2.24) is 20.4 Å². The third-order valence-electron chi connectivity index (χ3n) is 5.42. The molecule has 2 aromatic carbocycles. The maximum Gasteiger partial charge on any atom is 0.271 e. The number of carbonyl (C=O) groups is 2. The lowest BCUT2D eigenvalue weighted by molar-refractivity contribution is 0.0692. The first-order valence-corrected chi connectivity index (χ1v) is 10.6. The van der Waals surface area contributed by atoms with Crippen molar-refractivity contribution in [2.24, 2.45) is 0 Å². The number of piperidine rings is 1. The third-order valence-corrected chi connectivity index (χ3v) is 5.42. The normalized spacial score (nSPS) is 14.3. The fraction of sp³-hybridized carbons (Fsp3) is 0.292. The standard InChI is InChI=1S/C24H26N4O3/c1-2-31-20-10-8-17(9-11-20)21-16-22(27-26-21)24(30)28-14-12-19(13-15-28)25-23(29)18-6-4-3-5-7-18/h3-11,16,19H,2,12-15H2,1H3,(H,25,29)(H,26,27). The van der Waals surface area contributed by atoms with E-state index in [2.05, 4.69) is 15.5 Å². The molecule has 1 aliphatic heterocycles. The number of hydrogen-bond donors (Lipinski definition) is 2. The molecule has 0 aliphatic carbocycles. The molecule has 0 atom stereocenters. The molecule has 3 aromatic rings. The molecular formula is C24H26N4O3. The molecule has 1 saturated heterocycles. The summed E-state index contributed by atoms with van der Waals surface area (Å²) in [7, 11) is 0. The van der Waals surface area contributed by atoms with Crippen LogP contribution in [0.2, 0.25) is 0 Å². The van der Waals surface area contributed by atoms with E-state index in [4.69, 9.17) is 4.74 Å². The Morgan fingerprint density at radius 2 is 1.81 bits per heavy atom. The van der Waals surface area contributed by atoms with Crippen LogP contribution in [0.1, 0.15) is 40.6 Å². The lowest BCUT2D eigenvalue weighted by atomic mass is 10.0. The highest BCUT2D eigenvalue weighted by Crippen LogP contribution is 2.22. The monoisotopic (exact) mass is 418 g/mol. The van der Waals surface area contributed by atoms with Crippen molar-refractivity contribution in [3.63, 3.8) is 0 Å². The molecule has 1 aromatic heterocycles. The van der Waals surface area contributed by atoms with Crippen LogP contribution in [0.15, 0.2) is 60.7 Å².